The third kappa shape index (κ3) is 4.46. The molecule has 2 aliphatic rings. The van der Waals surface area contributed by atoms with E-state index in [1.165, 1.54) is 76.7 Å². The molecule has 2 aliphatic carbocycles. The molecule has 0 unspecified atom stereocenters. The van der Waals surface area contributed by atoms with Gasteiger partial charge in [-0.1, -0.05) is 110 Å². The van der Waals surface area contributed by atoms with Crippen LogP contribution in [0.1, 0.15) is 55.7 Å². The van der Waals surface area contributed by atoms with Crippen molar-refractivity contribution in [1.29, 1.82) is 0 Å². The molecular weight excluding hydrogens is 470 g/mol. The SMILES string of the molecule is C=C/C(=C\C=C/C)N(c1ccc(-c2ccc(C)cc2)cc1)c1ccc2c(c1)C1(CCCCC1)c1ccccc1-2. The Labute approximate surface area is 233 Å². The van der Waals surface area contributed by atoms with Crippen LogP contribution in [-0.4, -0.2) is 0 Å². The maximum atomic E-state index is 4.20. The van der Waals surface area contributed by atoms with Gasteiger partial charge in [-0.3, -0.25) is 0 Å². The van der Waals surface area contributed by atoms with E-state index >= 15 is 0 Å². The maximum absolute atomic E-state index is 4.20. The van der Waals surface area contributed by atoms with Gasteiger partial charge in [0.1, 0.15) is 0 Å². The van der Waals surface area contributed by atoms with Gasteiger partial charge in [-0.25, -0.2) is 0 Å². The molecule has 39 heavy (non-hydrogen) atoms. The molecule has 4 aromatic carbocycles. The van der Waals surface area contributed by atoms with Gasteiger partial charge in [0, 0.05) is 22.5 Å². The monoisotopic (exact) mass is 507 g/mol. The van der Waals surface area contributed by atoms with Crippen LogP contribution in [0.3, 0.4) is 0 Å². The van der Waals surface area contributed by atoms with Crippen LogP contribution in [0.5, 0.6) is 0 Å². The van der Waals surface area contributed by atoms with Crippen LogP contribution in [0.2, 0.25) is 0 Å². The van der Waals surface area contributed by atoms with Crippen LogP contribution in [0.15, 0.2) is 128 Å². The highest BCUT2D eigenvalue weighted by Crippen LogP contribution is 2.56. The van der Waals surface area contributed by atoms with Gasteiger partial charge in [0.25, 0.3) is 0 Å². The summed E-state index contributed by atoms with van der Waals surface area (Å²) in [6.07, 6.45) is 14.7. The molecule has 0 radical (unpaired) electrons. The number of aryl methyl sites for hydroxylation is 1. The van der Waals surface area contributed by atoms with E-state index in [9.17, 15) is 0 Å². The number of allylic oxidation sites excluding steroid dienone is 4. The van der Waals surface area contributed by atoms with Gasteiger partial charge in [0.15, 0.2) is 0 Å². The Morgan fingerprint density at radius 3 is 2.08 bits per heavy atom. The standard InChI is InChI=1S/C38H37N/c1-4-6-12-31(5-2)39(32-21-19-30(20-22-32)29-17-15-28(3)16-18-29)33-23-24-35-34-13-8-9-14-36(34)38(37(35)27-33)25-10-7-11-26-38/h4-6,8-9,12-24,27H,2,7,10-11,25-26H2,1,3H3/b6-4-,31-12+. The van der Waals surface area contributed by atoms with Crippen LogP contribution < -0.4 is 4.90 Å². The van der Waals surface area contributed by atoms with Gasteiger partial charge in [0.05, 0.1) is 0 Å². The molecule has 0 atom stereocenters. The highest BCUT2D eigenvalue weighted by molar-refractivity contribution is 5.85. The average molecular weight is 508 g/mol. The van der Waals surface area contributed by atoms with Crippen molar-refractivity contribution < 1.29 is 0 Å². The average Bonchev–Trinajstić information content (AvgIpc) is 3.25. The summed E-state index contributed by atoms with van der Waals surface area (Å²) in [7, 11) is 0. The van der Waals surface area contributed by atoms with Gasteiger partial charge in [-0.15, -0.1) is 0 Å². The van der Waals surface area contributed by atoms with E-state index < -0.39 is 0 Å². The fourth-order valence-corrected chi connectivity index (χ4v) is 6.70. The van der Waals surface area contributed by atoms with Gasteiger partial charge in [-0.2, -0.15) is 0 Å². The van der Waals surface area contributed by atoms with Crippen LogP contribution in [0.25, 0.3) is 22.3 Å². The highest BCUT2D eigenvalue weighted by Gasteiger charge is 2.43. The first-order valence-electron chi connectivity index (χ1n) is 14.3. The summed E-state index contributed by atoms with van der Waals surface area (Å²) in [6, 6.07) is 33.9. The predicted molar refractivity (Wildman–Crippen MR) is 168 cm³/mol. The lowest BCUT2D eigenvalue weighted by Crippen LogP contribution is -2.28. The Morgan fingerprint density at radius 2 is 1.38 bits per heavy atom. The minimum atomic E-state index is 0.128. The van der Waals surface area contributed by atoms with Gasteiger partial charge >= 0.3 is 0 Å². The van der Waals surface area contributed by atoms with Crippen molar-refractivity contribution in [3.63, 3.8) is 0 Å². The molecule has 194 valence electrons. The van der Waals surface area contributed by atoms with E-state index in [1.54, 1.807) is 0 Å². The van der Waals surface area contributed by atoms with E-state index in [0.717, 1.165) is 11.4 Å². The van der Waals surface area contributed by atoms with Crippen LogP contribution in [-0.2, 0) is 5.41 Å². The van der Waals surface area contributed by atoms with Crippen molar-refractivity contribution in [2.45, 2.75) is 51.4 Å². The zero-order valence-electron chi connectivity index (χ0n) is 23.2. The molecule has 0 bridgehead atoms. The van der Waals surface area contributed by atoms with Gasteiger partial charge in [-0.05, 0) is 96.5 Å². The van der Waals surface area contributed by atoms with Crippen molar-refractivity contribution in [2.24, 2.45) is 0 Å². The Kier molecular flexibility index (Phi) is 6.83. The van der Waals surface area contributed by atoms with Crippen LogP contribution >= 0.6 is 0 Å². The second-order valence-corrected chi connectivity index (χ2v) is 11.0. The molecule has 1 spiro atoms. The summed E-state index contributed by atoms with van der Waals surface area (Å²) in [4.78, 5) is 2.35. The fraction of sp³-hybridized carbons (Fsp3) is 0.211. The summed E-state index contributed by atoms with van der Waals surface area (Å²) in [6.45, 7) is 8.39. The smallest absolute Gasteiger partial charge is 0.0465 e. The Bertz CT molecular complexity index is 1540. The zero-order chi connectivity index (χ0) is 26.8. The molecule has 0 saturated heterocycles. The van der Waals surface area contributed by atoms with Crippen LogP contribution in [0.4, 0.5) is 11.4 Å². The molecule has 1 heteroatoms. The maximum Gasteiger partial charge on any atom is 0.0465 e. The molecule has 6 rings (SSSR count). The number of fused-ring (bicyclic) bond motifs is 5. The van der Waals surface area contributed by atoms with Gasteiger partial charge in [0.2, 0.25) is 0 Å². The summed E-state index contributed by atoms with van der Waals surface area (Å²) in [5.74, 6) is 0. The number of hydrogen-bond donors (Lipinski definition) is 0. The van der Waals surface area contributed by atoms with E-state index in [4.69, 9.17) is 0 Å². The summed E-state index contributed by atoms with van der Waals surface area (Å²) >= 11 is 0. The fourth-order valence-electron chi connectivity index (χ4n) is 6.70. The predicted octanol–water partition coefficient (Wildman–Crippen LogP) is 10.7. The normalized spacial score (nSPS) is 15.8. The molecule has 1 fully saturated rings. The number of hydrogen-bond acceptors (Lipinski definition) is 1. The molecule has 0 amide bonds. The molecule has 4 aromatic rings. The van der Waals surface area contributed by atoms with Crippen molar-refractivity contribution in [3.8, 4) is 22.3 Å². The first-order chi connectivity index (χ1) is 19.1. The third-order valence-electron chi connectivity index (χ3n) is 8.65. The lowest BCUT2D eigenvalue weighted by Gasteiger charge is -2.36. The van der Waals surface area contributed by atoms with Crippen molar-refractivity contribution in [2.75, 3.05) is 4.90 Å². The summed E-state index contributed by atoms with van der Waals surface area (Å²) in [5, 5.41) is 0. The number of rotatable bonds is 6. The first kappa shape index (κ1) is 25.2. The van der Waals surface area contributed by atoms with E-state index in [-0.39, 0.29) is 5.41 Å². The minimum Gasteiger partial charge on any atom is -0.311 e. The van der Waals surface area contributed by atoms with E-state index in [1.807, 2.05) is 6.08 Å². The largest absolute Gasteiger partial charge is 0.311 e. The Hall–Kier alpha value is -4.10. The van der Waals surface area contributed by atoms with Gasteiger partial charge < -0.3 is 4.90 Å². The molecule has 1 nitrogen and oxygen atoms in total. The zero-order valence-corrected chi connectivity index (χ0v) is 23.2. The van der Waals surface area contributed by atoms with E-state index in [2.05, 4.69) is 135 Å². The quantitative estimate of drug-likeness (QED) is 0.235. The molecule has 0 aliphatic heterocycles. The second kappa shape index (κ2) is 10.6. The Balaban J connectivity index is 1.47. The van der Waals surface area contributed by atoms with E-state index in [0.29, 0.717) is 0 Å². The van der Waals surface area contributed by atoms with Crippen LogP contribution in [0, 0.1) is 6.92 Å². The van der Waals surface area contributed by atoms with Crippen molar-refractivity contribution >= 4 is 11.4 Å². The highest BCUT2D eigenvalue weighted by atomic mass is 15.1. The lowest BCUT2D eigenvalue weighted by molar-refractivity contribution is 0.353. The molecular formula is C38H37N. The third-order valence-corrected chi connectivity index (χ3v) is 8.65. The summed E-state index contributed by atoms with van der Waals surface area (Å²) < 4.78 is 0. The number of anilines is 2. The number of nitrogens with zero attached hydrogens (tertiary/aromatic N) is 1. The second-order valence-electron chi connectivity index (χ2n) is 11.0. The Morgan fingerprint density at radius 1 is 0.744 bits per heavy atom. The molecule has 1 saturated carbocycles. The van der Waals surface area contributed by atoms with Crippen molar-refractivity contribution in [1.82, 2.24) is 0 Å². The lowest BCUT2D eigenvalue weighted by atomic mass is 9.68. The number of benzene rings is 4. The molecule has 0 heterocycles. The minimum absolute atomic E-state index is 0.128. The first-order valence-corrected chi connectivity index (χ1v) is 14.3. The molecule has 0 aromatic heterocycles. The summed E-state index contributed by atoms with van der Waals surface area (Å²) in [5.41, 5.74) is 13.1. The molecule has 0 N–H and O–H groups in total. The van der Waals surface area contributed by atoms with Crippen molar-refractivity contribution in [3.05, 3.63) is 144 Å². The topological polar surface area (TPSA) is 3.24 Å².